The van der Waals surface area contributed by atoms with Gasteiger partial charge < -0.3 is 10.0 Å². The molecule has 0 saturated carbocycles. The Morgan fingerprint density at radius 1 is 1.20 bits per heavy atom. The first kappa shape index (κ1) is 15.6. The van der Waals surface area contributed by atoms with E-state index in [2.05, 4.69) is 11.8 Å². The van der Waals surface area contributed by atoms with Crippen LogP contribution >= 0.6 is 0 Å². The highest BCUT2D eigenvalue weighted by Gasteiger charge is 2.20. The first-order valence-corrected chi connectivity index (χ1v) is 7.87. The Hall–Kier alpha value is -0.835. The highest BCUT2D eigenvalue weighted by atomic mass is 16.4. The van der Waals surface area contributed by atoms with Crippen LogP contribution in [-0.2, 0) is 6.54 Å². The fraction of sp³-hybridized carbons (Fsp3) is 0.625. The van der Waals surface area contributed by atoms with Gasteiger partial charge in [-0.15, -0.1) is 0 Å². The normalized spacial score (nSPS) is 20.6. The van der Waals surface area contributed by atoms with E-state index in [-0.39, 0.29) is 0 Å². The standard InChI is InChI=1S/C16H26BNO2/c1-2-6-14-7-5-11-18(12-10-14)13-15-8-3-4-9-16(15)17(19)20/h3-4,8-9,14,19-20H,2,5-7,10-13H2,1H3. The van der Waals surface area contributed by atoms with Crippen molar-refractivity contribution in [3.63, 3.8) is 0 Å². The summed E-state index contributed by atoms with van der Waals surface area (Å²) in [5.74, 6) is 0.878. The number of nitrogens with zero attached hydrogens (tertiary/aromatic N) is 1. The molecule has 0 amide bonds. The van der Waals surface area contributed by atoms with Gasteiger partial charge in [0.15, 0.2) is 0 Å². The van der Waals surface area contributed by atoms with Gasteiger partial charge in [0.05, 0.1) is 0 Å². The van der Waals surface area contributed by atoms with Crippen LogP contribution in [0.1, 0.15) is 44.6 Å². The van der Waals surface area contributed by atoms with Crippen molar-refractivity contribution in [1.82, 2.24) is 4.90 Å². The molecule has 1 aliphatic heterocycles. The molecule has 1 atom stereocenters. The van der Waals surface area contributed by atoms with E-state index in [1.807, 2.05) is 18.2 Å². The van der Waals surface area contributed by atoms with E-state index in [1.54, 1.807) is 6.07 Å². The lowest BCUT2D eigenvalue weighted by molar-refractivity contribution is 0.271. The van der Waals surface area contributed by atoms with Crippen molar-refractivity contribution in [3.05, 3.63) is 29.8 Å². The molecule has 2 N–H and O–H groups in total. The molecule has 1 heterocycles. The van der Waals surface area contributed by atoms with Gasteiger partial charge in [0, 0.05) is 6.54 Å². The second-order valence-electron chi connectivity index (χ2n) is 5.93. The molecule has 3 nitrogen and oxygen atoms in total. The van der Waals surface area contributed by atoms with Crippen molar-refractivity contribution < 1.29 is 10.0 Å². The van der Waals surface area contributed by atoms with Crippen molar-refractivity contribution in [1.29, 1.82) is 0 Å². The van der Waals surface area contributed by atoms with E-state index < -0.39 is 7.12 Å². The maximum Gasteiger partial charge on any atom is 0.488 e. The predicted octanol–water partition coefficient (Wildman–Crippen LogP) is 1.77. The Kier molecular flexibility index (Phi) is 6.08. The smallest absolute Gasteiger partial charge is 0.423 e. The van der Waals surface area contributed by atoms with Gasteiger partial charge in [-0.05, 0) is 49.3 Å². The molecular formula is C16H26BNO2. The van der Waals surface area contributed by atoms with Crippen molar-refractivity contribution >= 4 is 12.6 Å². The van der Waals surface area contributed by atoms with Crippen molar-refractivity contribution in [2.45, 2.75) is 45.6 Å². The third-order valence-corrected chi connectivity index (χ3v) is 4.36. The minimum Gasteiger partial charge on any atom is -0.423 e. The molecule has 0 aliphatic carbocycles. The molecule has 1 fully saturated rings. The molecule has 0 radical (unpaired) electrons. The summed E-state index contributed by atoms with van der Waals surface area (Å²) in [4.78, 5) is 2.46. The molecule has 1 unspecified atom stereocenters. The van der Waals surface area contributed by atoms with Crippen LogP contribution in [0, 0.1) is 5.92 Å². The average Bonchev–Trinajstić information content (AvgIpc) is 2.65. The number of hydrogen-bond donors (Lipinski definition) is 2. The molecule has 2 rings (SSSR count). The van der Waals surface area contributed by atoms with E-state index in [9.17, 15) is 10.0 Å². The van der Waals surface area contributed by atoms with E-state index in [1.165, 1.54) is 32.1 Å². The molecule has 20 heavy (non-hydrogen) atoms. The van der Waals surface area contributed by atoms with E-state index in [4.69, 9.17) is 0 Å². The molecule has 110 valence electrons. The van der Waals surface area contributed by atoms with Crippen molar-refractivity contribution in [3.8, 4) is 0 Å². The van der Waals surface area contributed by atoms with Gasteiger partial charge in [0.1, 0.15) is 0 Å². The summed E-state index contributed by atoms with van der Waals surface area (Å²) >= 11 is 0. The fourth-order valence-corrected chi connectivity index (χ4v) is 3.25. The highest BCUT2D eigenvalue weighted by molar-refractivity contribution is 6.59. The molecule has 1 aromatic rings. The maximum absolute atomic E-state index is 9.44. The molecule has 1 aliphatic rings. The minimum atomic E-state index is -1.37. The van der Waals surface area contributed by atoms with Crippen LogP contribution in [0.3, 0.4) is 0 Å². The Bertz CT molecular complexity index is 411. The van der Waals surface area contributed by atoms with Crippen LogP contribution in [0.15, 0.2) is 24.3 Å². The average molecular weight is 275 g/mol. The summed E-state index contributed by atoms with van der Waals surface area (Å²) < 4.78 is 0. The number of benzene rings is 1. The van der Waals surface area contributed by atoms with Crippen molar-refractivity contribution in [2.75, 3.05) is 13.1 Å². The number of likely N-dealkylation sites (tertiary alicyclic amines) is 1. The molecule has 0 aromatic heterocycles. The van der Waals surface area contributed by atoms with E-state index in [0.29, 0.717) is 5.46 Å². The molecule has 1 aromatic carbocycles. The zero-order valence-corrected chi connectivity index (χ0v) is 12.5. The number of rotatable bonds is 5. The molecule has 0 bridgehead atoms. The molecule has 0 spiro atoms. The SMILES string of the molecule is CCCC1CCCN(Cc2ccccc2B(O)O)CC1. The van der Waals surface area contributed by atoms with Crippen LogP contribution < -0.4 is 5.46 Å². The third kappa shape index (κ3) is 4.34. The van der Waals surface area contributed by atoms with Gasteiger partial charge in [-0.3, -0.25) is 4.90 Å². The van der Waals surface area contributed by atoms with Gasteiger partial charge in [-0.25, -0.2) is 0 Å². The summed E-state index contributed by atoms with van der Waals surface area (Å²) in [6.07, 6.45) is 6.50. The Morgan fingerprint density at radius 3 is 2.75 bits per heavy atom. The Balaban J connectivity index is 1.96. The number of hydrogen-bond acceptors (Lipinski definition) is 3. The molecule has 1 saturated heterocycles. The summed E-state index contributed by atoms with van der Waals surface area (Å²) in [6.45, 7) is 5.34. The predicted molar refractivity (Wildman–Crippen MR) is 83.8 cm³/mol. The van der Waals surface area contributed by atoms with Gasteiger partial charge >= 0.3 is 7.12 Å². The van der Waals surface area contributed by atoms with E-state index >= 15 is 0 Å². The third-order valence-electron chi connectivity index (χ3n) is 4.36. The lowest BCUT2D eigenvalue weighted by Gasteiger charge is -2.21. The highest BCUT2D eigenvalue weighted by Crippen LogP contribution is 2.22. The van der Waals surface area contributed by atoms with Crippen LogP contribution in [0.2, 0.25) is 0 Å². The summed E-state index contributed by atoms with van der Waals surface area (Å²) in [7, 11) is -1.37. The maximum atomic E-state index is 9.44. The fourth-order valence-electron chi connectivity index (χ4n) is 3.25. The van der Waals surface area contributed by atoms with Gasteiger partial charge in [-0.2, -0.15) is 0 Å². The van der Waals surface area contributed by atoms with E-state index in [0.717, 1.165) is 31.1 Å². The topological polar surface area (TPSA) is 43.7 Å². The van der Waals surface area contributed by atoms with Gasteiger partial charge in [0.2, 0.25) is 0 Å². The first-order valence-electron chi connectivity index (χ1n) is 7.87. The summed E-state index contributed by atoms with van der Waals surface area (Å²) in [6, 6.07) is 7.64. The first-order chi connectivity index (χ1) is 9.70. The molecule has 4 heteroatoms. The Labute approximate surface area is 122 Å². The Morgan fingerprint density at radius 2 is 2.00 bits per heavy atom. The lowest BCUT2D eigenvalue weighted by atomic mass is 9.77. The van der Waals surface area contributed by atoms with Crippen LogP contribution in [0.4, 0.5) is 0 Å². The summed E-state index contributed by atoms with van der Waals surface area (Å²) in [5.41, 5.74) is 1.68. The van der Waals surface area contributed by atoms with Crippen LogP contribution in [-0.4, -0.2) is 35.2 Å². The largest absolute Gasteiger partial charge is 0.488 e. The van der Waals surface area contributed by atoms with Gasteiger partial charge in [0.25, 0.3) is 0 Å². The zero-order valence-electron chi connectivity index (χ0n) is 12.5. The quantitative estimate of drug-likeness (QED) is 0.805. The van der Waals surface area contributed by atoms with Crippen LogP contribution in [0.5, 0.6) is 0 Å². The van der Waals surface area contributed by atoms with Crippen molar-refractivity contribution in [2.24, 2.45) is 5.92 Å². The van der Waals surface area contributed by atoms with Gasteiger partial charge in [-0.1, -0.05) is 44.0 Å². The molecular weight excluding hydrogens is 249 g/mol. The van der Waals surface area contributed by atoms with Crippen LogP contribution in [0.25, 0.3) is 0 Å². The zero-order chi connectivity index (χ0) is 14.4. The lowest BCUT2D eigenvalue weighted by Crippen LogP contribution is -2.36. The minimum absolute atomic E-state index is 0.641. The summed E-state index contributed by atoms with van der Waals surface area (Å²) in [5, 5.41) is 18.9. The second kappa shape index (κ2) is 7.82. The monoisotopic (exact) mass is 275 g/mol. The second-order valence-corrected chi connectivity index (χ2v) is 5.93.